The van der Waals surface area contributed by atoms with Crippen molar-refractivity contribution in [2.24, 2.45) is 0 Å². The Hall–Kier alpha value is -2.95. The quantitative estimate of drug-likeness (QED) is 0.844. The molecular weight excluding hydrogens is 326 g/mol. The number of amides is 2. The molecule has 0 aliphatic carbocycles. The van der Waals surface area contributed by atoms with Crippen LogP contribution in [0.2, 0.25) is 0 Å². The van der Waals surface area contributed by atoms with Crippen LogP contribution in [0.1, 0.15) is 29.9 Å². The third-order valence-corrected chi connectivity index (χ3v) is 4.64. The van der Waals surface area contributed by atoms with Crippen molar-refractivity contribution in [3.8, 4) is 0 Å². The molecule has 0 unspecified atom stereocenters. The number of benzene rings is 1. The molecule has 2 aromatic rings. The van der Waals surface area contributed by atoms with Crippen molar-refractivity contribution in [1.82, 2.24) is 15.2 Å². The maximum Gasteiger partial charge on any atom is 0.244 e. The Labute approximate surface area is 153 Å². The van der Waals surface area contributed by atoms with Crippen molar-refractivity contribution < 1.29 is 9.59 Å². The van der Waals surface area contributed by atoms with Gasteiger partial charge in [0.1, 0.15) is 0 Å². The van der Waals surface area contributed by atoms with E-state index in [0.29, 0.717) is 5.92 Å². The van der Waals surface area contributed by atoms with Gasteiger partial charge in [0.25, 0.3) is 0 Å². The van der Waals surface area contributed by atoms with E-state index in [9.17, 15) is 9.59 Å². The highest BCUT2D eigenvalue weighted by Crippen LogP contribution is 2.27. The van der Waals surface area contributed by atoms with Gasteiger partial charge >= 0.3 is 0 Å². The van der Waals surface area contributed by atoms with Gasteiger partial charge < -0.3 is 10.2 Å². The van der Waals surface area contributed by atoms with E-state index in [4.69, 9.17) is 0 Å². The second-order valence-corrected chi connectivity index (χ2v) is 6.40. The number of nitrogens with zero attached hydrogens (tertiary/aromatic N) is 2. The highest BCUT2D eigenvalue weighted by Gasteiger charge is 2.23. The van der Waals surface area contributed by atoms with Crippen LogP contribution < -0.4 is 5.32 Å². The molecule has 1 aromatic carbocycles. The minimum atomic E-state index is -0.277. The van der Waals surface area contributed by atoms with Gasteiger partial charge in [-0.05, 0) is 42.0 Å². The number of carbonyl (C=O) groups is 2. The molecule has 1 aliphatic heterocycles. The Morgan fingerprint density at radius 2 is 1.88 bits per heavy atom. The van der Waals surface area contributed by atoms with Crippen molar-refractivity contribution >= 4 is 17.9 Å². The standard InChI is InChI=1S/C21H23N3O2/c25-20(9-8-17-5-4-12-22-15-17)23-16-21(26)24-13-10-19(11-14-24)18-6-2-1-3-7-18/h1-9,12,15,19H,10-11,13-14,16H2,(H,23,25)/b9-8-. The third kappa shape index (κ3) is 5.02. The molecule has 2 heterocycles. The molecule has 5 heteroatoms. The summed E-state index contributed by atoms with van der Waals surface area (Å²) < 4.78 is 0. The molecular formula is C21H23N3O2. The SMILES string of the molecule is O=C(/C=C\c1cccnc1)NCC(=O)N1CCC(c2ccccc2)CC1. The fourth-order valence-electron chi connectivity index (χ4n) is 3.17. The Morgan fingerprint density at radius 3 is 2.58 bits per heavy atom. The molecule has 1 aliphatic rings. The fraction of sp³-hybridized carbons (Fsp3) is 0.286. The van der Waals surface area contributed by atoms with Gasteiger partial charge in [-0.15, -0.1) is 0 Å². The lowest BCUT2D eigenvalue weighted by molar-refractivity contribution is -0.133. The zero-order chi connectivity index (χ0) is 18.2. The number of hydrogen-bond donors (Lipinski definition) is 1. The molecule has 0 atom stereocenters. The van der Waals surface area contributed by atoms with Crippen LogP contribution in [0.25, 0.3) is 6.08 Å². The molecule has 1 saturated heterocycles. The van der Waals surface area contributed by atoms with Crippen molar-refractivity contribution in [3.63, 3.8) is 0 Å². The van der Waals surface area contributed by atoms with Crippen molar-refractivity contribution in [2.75, 3.05) is 19.6 Å². The number of pyridine rings is 1. The summed E-state index contributed by atoms with van der Waals surface area (Å²) in [5.41, 5.74) is 2.19. The predicted molar refractivity (Wildman–Crippen MR) is 101 cm³/mol. The zero-order valence-electron chi connectivity index (χ0n) is 14.7. The summed E-state index contributed by atoms with van der Waals surface area (Å²) in [6.07, 6.45) is 8.38. The van der Waals surface area contributed by atoms with Crippen LogP contribution in [0.5, 0.6) is 0 Å². The van der Waals surface area contributed by atoms with Crippen LogP contribution >= 0.6 is 0 Å². The number of piperidine rings is 1. The summed E-state index contributed by atoms with van der Waals surface area (Å²) in [6.45, 7) is 1.51. The van der Waals surface area contributed by atoms with Gasteiger partial charge in [-0.3, -0.25) is 14.6 Å². The van der Waals surface area contributed by atoms with Crippen LogP contribution in [0.4, 0.5) is 0 Å². The first-order chi connectivity index (χ1) is 12.7. The second-order valence-electron chi connectivity index (χ2n) is 6.40. The highest BCUT2D eigenvalue weighted by atomic mass is 16.2. The van der Waals surface area contributed by atoms with Crippen molar-refractivity contribution in [1.29, 1.82) is 0 Å². The molecule has 0 saturated carbocycles. The molecule has 3 rings (SSSR count). The molecule has 0 spiro atoms. The van der Waals surface area contributed by atoms with Crippen LogP contribution in [0.3, 0.4) is 0 Å². The van der Waals surface area contributed by atoms with E-state index in [0.717, 1.165) is 31.5 Å². The van der Waals surface area contributed by atoms with E-state index in [1.54, 1.807) is 24.5 Å². The monoisotopic (exact) mass is 349 g/mol. The molecule has 1 aromatic heterocycles. The molecule has 26 heavy (non-hydrogen) atoms. The Morgan fingerprint density at radius 1 is 1.12 bits per heavy atom. The van der Waals surface area contributed by atoms with Gasteiger partial charge in [-0.25, -0.2) is 0 Å². The maximum absolute atomic E-state index is 12.3. The molecule has 1 N–H and O–H groups in total. The summed E-state index contributed by atoms with van der Waals surface area (Å²) in [4.78, 5) is 30.0. The molecule has 5 nitrogen and oxygen atoms in total. The van der Waals surface area contributed by atoms with Crippen LogP contribution in [-0.4, -0.2) is 41.3 Å². The smallest absolute Gasteiger partial charge is 0.244 e. The first-order valence-corrected chi connectivity index (χ1v) is 8.91. The van der Waals surface area contributed by atoms with E-state index in [1.807, 2.05) is 17.0 Å². The first-order valence-electron chi connectivity index (χ1n) is 8.91. The summed E-state index contributed by atoms with van der Waals surface area (Å²) in [7, 11) is 0. The number of carbonyl (C=O) groups excluding carboxylic acids is 2. The van der Waals surface area contributed by atoms with E-state index in [-0.39, 0.29) is 18.4 Å². The van der Waals surface area contributed by atoms with Gasteiger partial charge in [-0.1, -0.05) is 36.4 Å². The highest BCUT2D eigenvalue weighted by molar-refractivity contribution is 5.94. The lowest BCUT2D eigenvalue weighted by atomic mass is 9.89. The largest absolute Gasteiger partial charge is 0.343 e. The normalized spacial score (nSPS) is 15.2. The van der Waals surface area contributed by atoms with Gasteiger partial charge in [0.2, 0.25) is 11.8 Å². The summed E-state index contributed by atoms with van der Waals surface area (Å²) >= 11 is 0. The average Bonchev–Trinajstić information content (AvgIpc) is 2.72. The summed E-state index contributed by atoms with van der Waals surface area (Å²) in [5, 5.41) is 2.66. The third-order valence-electron chi connectivity index (χ3n) is 4.64. The molecule has 0 bridgehead atoms. The van der Waals surface area contributed by atoms with Crippen LogP contribution in [0.15, 0.2) is 60.9 Å². The van der Waals surface area contributed by atoms with Crippen LogP contribution in [0, 0.1) is 0 Å². The van der Waals surface area contributed by atoms with Crippen molar-refractivity contribution in [2.45, 2.75) is 18.8 Å². The number of rotatable bonds is 5. The van der Waals surface area contributed by atoms with E-state index < -0.39 is 0 Å². The summed E-state index contributed by atoms with van der Waals surface area (Å²) in [5.74, 6) is 0.207. The lowest BCUT2D eigenvalue weighted by Gasteiger charge is -2.32. The van der Waals surface area contributed by atoms with E-state index in [2.05, 4.69) is 34.6 Å². The van der Waals surface area contributed by atoms with Gasteiger partial charge in [0.15, 0.2) is 0 Å². The average molecular weight is 349 g/mol. The number of hydrogen-bond acceptors (Lipinski definition) is 3. The van der Waals surface area contributed by atoms with E-state index in [1.165, 1.54) is 11.6 Å². The minimum absolute atomic E-state index is 0.0281. The van der Waals surface area contributed by atoms with Gasteiger partial charge in [0.05, 0.1) is 6.54 Å². The maximum atomic E-state index is 12.3. The Bertz CT molecular complexity index is 751. The van der Waals surface area contributed by atoms with Gasteiger partial charge in [0, 0.05) is 31.6 Å². The van der Waals surface area contributed by atoms with E-state index >= 15 is 0 Å². The molecule has 0 radical (unpaired) electrons. The van der Waals surface area contributed by atoms with Gasteiger partial charge in [-0.2, -0.15) is 0 Å². The fourth-order valence-corrected chi connectivity index (χ4v) is 3.17. The topological polar surface area (TPSA) is 62.3 Å². The predicted octanol–water partition coefficient (Wildman–Crippen LogP) is 2.62. The first kappa shape index (κ1) is 17.9. The molecule has 2 amide bonds. The Balaban J connectivity index is 1.42. The number of aromatic nitrogens is 1. The zero-order valence-corrected chi connectivity index (χ0v) is 14.7. The minimum Gasteiger partial charge on any atom is -0.343 e. The number of nitrogens with one attached hydrogen (secondary N) is 1. The van der Waals surface area contributed by atoms with Crippen molar-refractivity contribution in [3.05, 3.63) is 72.1 Å². The molecule has 134 valence electrons. The summed E-state index contributed by atoms with van der Waals surface area (Å²) in [6, 6.07) is 14.1. The lowest BCUT2D eigenvalue weighted by Crippen LogP contribution is -2.43. The Kier molecular flexibility index (Phi) is 6.14. The number of likely N-dealkylation sites (tertiary alicyclic amines) is 1. The molecule has 1 fully saturated rings. The second kappa shape index (κ2) is 8.94. The van der Waals surface area contributed by atoms with Crippen LogP contribution in [-0.2, 0) is 9.59 Å².